The van der Waals surface area contributed by atoms with Crippen molar-refractivity contribution in [3.05, 3.63) is 83.4 Å². The Morgan fingerprint density at radius 3 is 2.54 bits per heavy atom. The summed E-state index contributed by atoms with van der Waals surface area (Å²) < 4.78 is 6.06. The summed E-state index contributed by atoms with van der Waals surface area (Å²) in [4.78, 5) is 0. The van der Waals surface area contributed by atoms with Crippen LogP contribution in [0.5, 0.6) is 5.75 Å². The monoisotopic (exact) mass is 372 g/mol. The van der Waals surface area contributed by atoms with Gasteiger partial charge in [-0.15, -0.1) is 0 Å². The first kappa shape index (κ1) is 18.6. The molecule has 0 saturated carbocycles. The van der Waals surface area contributed by atoms with Crippen LogP contribution in [-0.4, -0.2) is 6.54 Å². The molecule has 3 aromatic rings. The zero-order valence-corrected chi connectivity index (χ0v) is 16.2. The third-order valence-corrected chi connectivity index (χ3v) is 5.66. The van der Waals surface area contributed by atoms with Gasteiger partial charge in [0.25, 0.3) is 0 Å². The van der Waals surface area contributed by atoms with Crippen molar-refractivity contribution >= 4 is 5.69 Å². The smallest absolute Gasteiger partial charge is 0.120 e. The van der Waals surface area contributed by atoms with Crippen molar-refractivity contribution in [2.45, 2.75) is 32.3 Å². The number of benzene rings is 3. The highest BCUT2D eigenvalue weighted by atomic mass is 16.5. The molecule has 3 aromatic carbocycles. The molecule has 1 atom stereocenters. The van der Waals surface area contributed by atoms with Crippen molar-refractivity contribution in [3.63, 3.8) is 0 Å². The summed E-state index contributed by atoms with van der Waals surface area (Å²) in [7, 11) is 0. The Morgan fingerprint density at radius 1 is 0.893 bits per heavy atom. The number of nitrogen functional groups attached to an aromatic ring is 1. The van der Waals surface area contributed by atoms with E-state index in [1.807, 2.05) is 18.2 Å². The fraction of sp³-hybridized carbons (Fsp3) is 0.280. The summed E-state index contributed by atoms with van der Waals surface area (Å²) in [5, 5.41) is 0. The molecule has 0 radical (unpaired) electrons. The van der Waals surface area contributed by atoms with Crippen molar-refractivity contribution in [1.82, 2.24) is 0 Å². The van der Waals surface area contributed by atoms with E-state index in [0.717, 1.165) is 59.9 Å². The van der Waals surface area contributed by atoms with E-state index < -0.39 is 0 Å². The predicted octanol–water partition coefficient (Wildman–Crippen LogP) is 4.97. The summed E-state index contributed by atoms with van der Waals surface area (Å²) in [6.07, 6.45) is 4.65. The minimum Gasteiger partial charge on any atom is -0.489 e. The van der Waals surface area contributed by atoms with Gasteiger partial charge in [0.05, 0.1) is 0 Å². The average molecular weight is 373 g/mol. The first-order valence-corrected chi connectivity index (χ1v) is 10.1. The number of fused-ring (bicyclic) bond motifs is 1. The molecule has 144 valence electrons. The lowest BCUT2D eigenvalue weighted by Gasteiger charge is -2.24. The molecule has 0 aliphatic heterocycles. The summed E-state index contributed by atoms with van der Waals surface area (Å²) in [5.41, 5.74) is 18.7. The molecular weight excluding hydrogens is 344 g/mol. The Kier molecular flexibility index (Phi) is 5.63. The standard InChI is InChI=1S/C25H28N2O/c26-13-12-18-4-9-23-16-25(11-10-22(23)14-18)28-17-19-5-7-20(8-6-19)21-2-1-3-24(27)15-21/h1-3,5-8,10-11,15-16,18H,4,9,12-14,17,26-27H2. The van der Waals surface area contributed by atoms with Crippen LogP contribution in [0.4, 0.5) is 5.69 Å². The molecule has 0 spiro atoms. The fourth-order valence-electron chi connectivity index (χ4n) is 4.06. The second-order valence-electron chi connectivity index (χ2n) is 7.73. The van der Waals surface area contributed by atoms with E-state index in [2.05, 4.69) is 48.5 Å². The van der Waals surface area contributed by atoms with Crippen LogP contribution in [0, 0.1) is 5.92 Å². The summed E-state index contributed by atoms with van der Waals surface area (Å²) >= 11 is 0. The quantitative estimate of drug-likeness (QED) is 0.601. The minimum atomic E-state index is 0.575. The van der Waals surface area contributed by atoms with Gasteiger partial charge in [-0.1, -0.05) is 42.5 Å². The molecule has 28 heavy (non-hydrogen) atoms. The number of anilines is 1. The molecule has 1 aliphatic rings. The highest BCUT2D eigenvalue weighted by Gasteiger charge is 2.18. The Balaban J connectivity index is 1.38. The van der Waals surface area contributed by atoms with Gasteiger partial charge in [0.2, 0.25) is 0 Å². The maximum Gasteiger partial charge on any atom is 0.120 e. The molecule has 0 aromatic heterocycles. The van der Waals surface area contributed by atoms with E-state index in [1.165, 1.54) is 17.5 Å². The van der Waals surface area contributed by atoms with Crippen LogP contribution < -0.4 is 16.2 Å². The van der Waals surface area contributed by atoms with Crippen molar-refractivity contribution in [2.75, 3.05) is 12.3 Å². The minimum absolute atomic E-state index is 0.575. The van der Waals surface area contributed by atoms with Crippen LogP contribution in [0.2, 0.25) is 0 Å². The second kappa shape index (κ2) is 8.49. The molecule has 4 N–H and O–H groups in total. The summed E-state index contributed by atoms with van der Waals surface area (Å²) in [6.45, 7) is 1.36. The number of hydrogen-bond donors (Lipinski definition) is 2. The number of aryl methyl sites for hydroxylation is 1. The van der Waals surface area contributed by atoms with Gasteiger partial charge in [0.15, 0.2) is 0 Å². The Morgan fingerprint density at radius 2 is 1.75 bits per heavy atom. The molecule has 0 amide bonds. The maximum atomic E-state index is 6.06. The third kappa shape index (κ3) is 4.37. The van der Waals surface area contributed by atoms with Gasteiger partial charge in [-0.3, -0.25) is 0 Å². The molecular formula is C25H28N2O. The lowest BCUT2D eigenvalue weighted by atomic mass is 9.82. The van der Waals surface area contributed by atoms with Gasteiger partial charge in [0, 0.05) is 5.69 Å². The van der Waals surface area contributed by atoms with Crippen LogP contribution in [0.3, 0.4) is 0 Å². The number of hydrogen-bond acceptors (Lipinski definition) is 3. The fourth-order valence-corrected chi connectivity index (χ4v) is 4.06. The number of ether oxygens (including phenoxy) is 1. The largest absolute Gasteiger partial charge is 0.489 e. The molecule has 4 rings (SSSR count). The van der Waals surface area contributed by atoms with Gasteiger partial charge < -0.3 is 16.2 Å². The highest BCUT2D eigenvalue weighted by molar-refractivity contribution is 5.67. The topological polar surface area (TPSA) is 61.3 Å². The lowest BCUT2D eigenvalue weighted by molar-refractivity contribution is 0.305. The van der Waals surface area contributed by atoms with Crippen LogP contribution in [0.25, 0.3) is 11.1 Å². The summed E-state index contributed by atoms with van der Waals surface area (Å²) in [6, 6.07) is 23.0. The Hall–Kier alpha value is -2.78. The van der Waals surface area contributed by atoms with Crippen molar-refractivity contribution in [3.8, 4) is 16.9 Å². The molecule has 1 aliphatic carbocycles. The number of rotatable bonds is 6. The normalized spacial score (nSPS) is 15.8. The van der Waals surface area contributed by atoms with E-state index >= 15 is 0 Å². The molecule has 0 fully saturated rings. The van der Waals surface area contributed by atoms with Crippen molar-refractivity contribution in [2.24, 2.45) is 11.7 Å². The van der Waals surface area contributed by atoms with Gasteiger partial charge >= 0.3 is 0 Å². The Bertz CT molecular complexity index is 934. The van der Waals surface area contributed by atoms with E-state index in [9.17, 15) is 0 Å². The van der Waals surface area contributed by atoms with Crippen LogP contribution in [0.1, 0.15) is 29.5 Å². The SMILES string of the molecule is NCCC1CCc2cc(OCc3ccc(-c4cccc(N)c4)cc3)ccc2C1. The van der Waals surface area contributed by atoms with Gasteiger partial charge in [-0.25, -0.2) is 0 Å². The molecule has 0 heterocycles. The molecule has 0 bridgehead atoms. The lowest BCUT2D eigenvalue weighted by Crippen LogP contribution is -2.17. The van der Waals surface area contributed by atoms with E-state index in [1.54, 1.807) is 0 Å². The third-order valence-electron chi connectivity index (χ3n) is 5.66. The van der Waals surface area contributed by atoms with Gasteiger partial charge in [-0.05, 0) is 90.2 Å². The average Bonchev–Trinajstić information content (AvgIpc) is 2.73. The molecule has 1 unspecified atom stereocenters. The van der Waals surface area contributed by atoms with Crippen molar-refractivity contribution < 1.29 is 4.74 Å². The second-order valence-corrected chi connectivity index (χ2v) is 7.73. The Labute approximate surface area is 167 Å². The van der Waals surface area contributed by atoms with E-state index in [4.69, 9.17) is 16.2 Å². The van der Waals surface area contributed by atoms with Gasteiger partial charge in [0.1, 0.15) is 12.4 Å². The number of nitrogens with two attached hydrogens (primary N) is 2. The molecule has 0 saturated heterocycles. The predicted molar refractivity (Wildman–Crippen MR) is 116 cm³/mol. The zero-order chi connectivity index (χ0) is 19.3. The first-order valence-electron chi connectivity index (χ1n) is 10.1. The van der Waals surface area contributed by atoms with Gasteiger partial charge in [-0.2, -0.15) is 0 Å². The van der Waals surface area contributed by atoms with Crippen molar-refractivity contribution in [1.29, 1.82) is 0 Å². The molecule has 3 nitrogen and oxygen atoms in total. The van der Waals surface area contributed by atoms with Crippen LogP contribution in [-0.2, 0) is 19.4 Å². The first-order chi connectivity index (χ1) is 13.7. The van der Waals surface area contributed by atoms with E-state index in [-0.39, 0.29) is 0 Å². The van der Waals surface area contributed by atoms with Crippen LogP contribution >= 0.6 is 0 Å². The molecule has 3 heteroatoms. The van der Waals surface area contributed by atoms with E-state index in [0.29, 0.717) is 6.61 Å². The zero-order valence-electron chi connectivity index (χ0n) is 16.2. The maximum absolute atomic E-state index is 6.06. The summed E-state index contributed by atoms with van der Waals surface area (Å²) in [5.74, 6) is 1.69. The van der Waals surface area contributed by atoms with Crippen LogP contribution in [0.15, 0.2) is 66.7 Å². The highest BCUT2D eigenvalue weighted by Crippen LogP contribution is 2.30.